The molecule has 0 saturated heterocycles. The van der Waals surface area contributed by atoms with Crippen LogP contribution in [-0.4, -0.2) is 17.9 Å². The molecule has 0 bridgehead atoms. The zero-order valence-electron chi connectivity index (χ0n) is 15.4. The number of alkyl halides is 3. The number of fused-ring (bicyclic) bond motifs is 1. The molecule has 2 saturated carbocycles. The van der Waals surface area contributed by atoms with Gasteiger partial charge in [-0.05, 0) is 41.9 Å². The molecule has 0 unspecified atom stereocenters. The number of rotatable bonds is 4. The number of ketones is 1. The fraction of sp³-hybridized carbons (Fsp3) is 0.684. The maximum Gasteiger partial charge on any atom is 0.426 e. The van der Waals surface area contributed by atoms with Crippen molar-refractivity contribution in [2.24, 2.45) is 34.5 Å². The molecule has 4 atom stereocenters. The summed E-state index contributed by atoms with van der Waals surface area (Å²) in [6.45, 7) is 9.19. The number of carbonyl (C=O) groups excluding carboxylic acids is 2. The molecule has 0 aliphatic heterocycles. The van der Waals surface area contributed by atoms with Crippen LogP contribution in [0.3, 0.4) is 0 Å². The second-order valence-electron chi connectivity index (χ2n) is 8.88. The SMILES string of the molecule is CC(=O)C1=C(NC(=O)[C@H]2[C@@H](/C=C(\Cl)C(F)(F)F)C2(C)C)C[C@@H]2[C@H]1C2(C)C. The number of Topliss-reactive ketones (excluding diaryl/α,β-unsaturated/α-hetero) is 1. The monoisotopic (exact) mass is 389 g/mol. The molecule has 0 aromatic heterocycles. The zero-order valence-corrected chi connectivity index (χ0v) is 16.2. The molecular formula is C19H23ClF3NO2. The molecule has 1 N–H and O–H groups in total. The Balaban J connectivity index is 1.76. The molecular weight excluding hydrogens is 367 g/mol. The van der Waals surface area contributed by atoms with Crippen molar-refractivity contribution in [2.45, 2.75) is 47.2 Å². The van der Waals surface area contributed by atoms with Gasteiger partial charge in [0.1, 0.15) is 5.03 Å². The van der Waals surface area contributed by atoms with Gasteiger partial charge in [0.2, 0.25) is 5.91 Å². The van der Waals surface area contributed by atoms with Gasteiger partial charge in [0, 0.05) is 11.3 Å². The summed E-state index contributed by atoms with van der Waals surface area (Å²) in [5, 5.41) is 1.64. The van der Waals surface area contributed by atoms with Gasteiger partial charge in [0.05, 0.1) is 5.92 Å². The third-order valence-corrected chi connectivity index (χ3v) is 6.89. The summed E-state index contributed by atoms with van der Waals surface area (Å²) >= 11 is 5.33. The first-order valence-corrected chi connectivity index (χ1v) is 9.07. The number of nitrogens with one attached hydrogen (secondary N) is 1. The van der Waals surface area contributed by atoms with Crippen molar-refractivity contribution in [3.05, 3.63) is 22.4 Å². The molecule has 7 heteroatoms. The molecule has 0 aromatic carbocycles. The summed E-state index contributed by atoms with van der Waals surface area (Å²) in [4.78, 5) is 24.7. The zero-order chi connectivity index (χ0) is 19.8. The summed E-state index contributed by atoms with van der Waals surface area (Å²) in [7, 11) is 0. The van der Waals surface area contributed by atoms with E-state index >= 15 is 0 Å². The van der Waals surface area contributed by atoms with E-state index in [1.54, 1.807) is 13.8 Å². The molecule has 26 heavy (non-hydrogen) atoms. The van der Waals surface area contributed by atoms with Crippen molar-refractivity contribution >= 4 is 23.3 Å². The van der Waals surface area contributed by atoms with Gasteiger partial charge in [-0.3, -0.25) is 9.59 Å². The normalized spacial score (nSPS) is 34.4. The van der Waals surface area contributed by atoms with Crippen molar-refractivity contribution < 1.29 is 22.8 Å². The van der Waals surface area contributed by atoms with Crippen LogP contribution in [0.25, 0.3) is 0 Å². The summed E-state index contributed by atoms with van der Waals surface area (Å²) in [5.41, 5.74) is 0.781. The first-order valence-electron chi connectivity index (χ1n) is 8.70. The van der Waals surface area contributed by atoms with Crippen LogP contribution in [0, 0.1) is 34.5 Å². The molecule has 0 spiro atoms. The predicted octanol–water partition coefficient (Wildman–Crippen LogP) is 4.58. The van der Waals surface area contributed by atoms with Crippen molar-refractivity contribution in [1.29, 1.82) is 0 Å². The number of carbonyl (C=O) groups is 2. The lowest BCUT2D eigenvalue weighted by atomic mass is 9.96. The number of hydrogen-bond donors (Lipinski definition) is 1. The third-order valence-electron chi connectivity index (χ3n) is 6.55. The van der Waals surface area contributed by atoms with E-state index in [1.165, 1.54) is 6.92 Å². The molecule has 3 aliphatic carbocycles. The van der Waals surface area contributed by atoms with Crippen LogP contribution in [0.2, 0.25) is 0 Å². The summed E-state index contributed by atoms with van der Waals surface area (Å²) in [6.07, 6.45) is -3.04. The van der Waals surface area contributed by atoms with Gasteiger partial charge in [-0.2, -0.15) is 13.2 Å². The van der Waals surface area contributed by atoms with E-state index in [0.717, 1.165) is 6.08 Å². The minimum atomic E-state index is -4.61. The molecule has 0 aromatic rings. The summed E-state index contributed by atoms with van der Waals surface area (Å²) < 4.78 is 38.0. The van der Waals surface area contributed by atoms with Crippen LogP contribution >= 0.6 is 11.6 Å². The van der Waals surface area contributed by atoms with Crippen molar-refractivity contribution in [1.82, 2.24) is 5.32 Å². The Morgan fingerprint density at radius 1 is 1.19 bits per heavy atom. The van der Waals surface area contributed by atoms with Gasteiger partial charge in [-0.25, -0.2) is 0 Å². The third kappa shape index (κ3) is 2.90. The van der Waals surface area contributed by atoms with Gasteiger partial charge in [0.15, 0.2) is 5.78 Å². The number of hydrogen-bond acceptors (Lipinski definition) is 2. The molecule has 3 aliphatic rings. The van der Waals surface area contributed by atoms with E-state index in [1.807, 2.05) is 0 Å². The number of amides is 1. The Bertz CT molecular complexity index is 748. The fourth-order valence-corrected chi connectivity index (χ4v) is 4.87. The van der Waals surface area contributed by atoms with Crippen LogP contribution in [0.4, 0.5) is 13.2 Å². The molecule has 0 heterocycles. The van der Waals surface area contributed by atoms with Crippen molar-refractivity contribution in [3.8, 4) is 0 Å². The van der Waals surface area contributed by atoms with Crippen LogP contribution in [0.5, 0.6) is 0 Å². The lowest BCUT2D eigenvalue weighted by Crippen LogP contribution is -2.28. The van der Waals surface area contributed by atoms with Crippen LogP contribution < -0.4 is 5.32 Å². The van der Waals surface area contributed by atoms with Crippen LogP contribution in [0.1, 0.15) is 41.0 Å². The van der Waals surface area contributed by atoms with E-state index in [2.05, 4.69) is 19.2 Å². The van der Waals surface area contributed by atoms with Gasteiger partial charge < -0.3 is 5.32 Å². The Hall–Kier alpha value is -1.30. The maximum absolute atomic E-state index is 12.7. The Morgan fingerprint density at radius 2 is 1.77 bits per heavy atom. The summed E-state index contributed by atoms with van der Waals surface area (Å²) in [5.74, 6) is -1.05. The van der Waals surface area contributed by atoms with Crippen LogP contribution in [0.15, 0.2) is 22.4 Å². The number of allylic oxidation sites excluding steroid dienone is 4. The van der Waals surface area contributed by atoms with Crippen molar-refractivity contribution in [3.63, 3.8) is 0 Å². The molecule has 3 rings (SSSR count). The molecule has 1 amide bonds. The van der Waals surface area contributed by atoms with E-state index in [-0.39, 0.29) is 23.0 Å². The Labute approximate surface area is 156 Å². The molecule has 0 radical (unpaired) electrons. The first kappa shape index (κ1) is 19.5. The lowest BCUT2D eigenvalue weighted by Gasteiger charge is -2.16. The van der Waals surface area contributed by atoms with Gasteiger partial charge in [-0.1, -0.05) is 45.4 Å². The topological polar surface area (TPSA) is 46.2 Å². The second kappa shape index (κ2) is 5.60. The fourth-order valence-electron chi connectivity index (χ4n) is 4.73. The molecule has 3 nitrogen and oxygen atoms in total. The highest BCUT2D eigenvalue weighted by Gasteiger charge is 2.65. The average Bonchev–Trinajstić information content (AvgIpc) is 3.06. The molecule has 2 fully saturated rings. The van der Waals surface area contributed by atoms with E-state index in [0.29, 0.717) is 23.6 Å². The quantitative estimate of drug-likeness (QED) is 0.765. The van der Waals surface area contributed by atoms with Gasteiger partial charge in [0.25, 0.3) is 0 Å². The second-order valence-corrected chi connectivity index (χ2v) is 9.29. The smallest absolute Gasteiger partial charge is 0.329 e. The standard InChI is InChI=1S/C19H23ClF3NO2/c1-8(25)13-11(6-9-14(13)17(9,2)3)24-16(26)15-10(18(15,4)5)7-12(20)19(21,22)23/h7,9-10,14-15H,6H2,1-5H3,(H,24,26)/b12-7-/t9-,10-,14-,15-/m1/s1. The van der Waals surface area contributed by atoms with E-state index < -0.39 is 28.5 Å². The maximum atomic E-state index is 12.7. The average molecular weight is 390 g/mol. The van der Waals surface area contributed by atoms with Gasteiger partial charge >= 0.3 is 6.18 Å². The van der Waals surface area contributed by atoms with Crippen LogP contribution in [-0.2, 0) is 9.59 Å². The highest BCUT2D eigenvalue weighted by molar-refractivity contribution is 6.30. The Kier molecular flexibility index (Phi) is 4.19. The first-order chi connectivity index (χ1) is 11.7. The Morgan fingerprint density at radius 3 is 2.27 bits per heavy atom. The largest absolute Gasteiger partial charge is 0.426 e. The number of halogens is 4. The highest BCUT2D eigenvalue weighted by atomic mass is 35.5. The predicted molar refractivity (Wildman–Crippen MR) is 92.0 cm³/mol. The lowest BCUT2D eigenvalue weighted by molar-refractivity contribution is -0.122. The van der Waals surface area contributed by atoms with E-state index in [9.17, 15) is 22.8 Å². The van der Waals surface area contributed by atoms with Crippen molar-refractivity contribution in [2.75, 3.05) is 0 Å². The highest BCUT2D eigenvalue weighted by Crippen LogP contribution is 2.68. The molecule has 144 valence electrons. The van der Waals surface area contributed by atoms with Gasteiger partial charge in [-0.15, -0.1) is 0 Å². The summed E-state index contributed by atoms with van der Waals surface area (Å²) in [6, 6.07) is 0. The van der Waals surface area contributed by atoms with E-state index in [4.69, 9.17) is 11.6 Å². The minimum absolute atomic E-state index is 0.0509. The minimum Gasteiger partial charge on any atom is -0.329 e.